The van der Waals surface area contributed by atoms with Gasteiger partial charge in [0.1, 0.15) is 0 Å². The summed E-state index contributed by atoms with van der Waals surface area (Å²) in [6.07, 6.45) is -5.68. The predicted molar refractivity (Wildman–Crippen MR) is 81.1 cm³/mol. The number of hydrogen-bond donors (Lipinski definition) is 1. The van der Waals surface area contributed by atoms with Crippen LogP contribution in [0.2, 0.25) is 0 Å². The van der Waals surface area contributed by atoms with Gasteiger partial charge in [-0.2, -0.15) is 17.6 Å². The van der Waals surface area contributed by atoms with Crippen LogP contribution in [-0.2, 0) is 6.18 Å². The van der Waals surface area contributed by atoms with Crippen LogP contribution >= 0.6 is 0 Å². The van der Waals surface area contributed by atoms with E-state index in [2.05, 4.69) is 4.99 Å². The van der Waals surface area contributed by atoms with E-state index in [4.69, 9.17) is 0 Å². The highest BCUT2D eigenvalue weighted by molar-refractivity contribution is 5.97. The average molecular weight is 333 g/mol. The van der Waals surface area contributed by atoms with Gasteiger partial charge >= 0.3 is 12.2 Å². The summed E-state index contributed by atoms with van der Waals surface area (Å²) in [5.74, 6) is 0. The van der Waals surface area contributed by atoms with Crippen molar-refractivity contribution >= 4 is 17.8 Å². The Hall–Kier alpha value is -2.12. The second-order valence-electron chi connectivity index (χ2n) is 5.45. The molecule has 0 aromatic heterocycles. The number of rotatable bonds is 3. The maximum atomic E-state index is 14.0. The number of carbonyl (C=O) groups excluding carboxylic acids is 1. The number of carbonyl (C=O) groups is 1. The largest absolute Gasteiger partial charge is 0.418 e. The molecule has 0 aliphatic heterocycles. The number of alkyl halides is 3. The van der Waals surface area contributed by atoms with Crippen molar-refractivity contribution in [3.8, 4) is 0 Å². The van der Waals surface area contributed by atoms with Crippen LogP contribution in [0.15, 0.2) is 29.3 Å². The molecule has 0 radical (unpaired) electrons. The van der Waals surface area contributed by atoms with E-state index in [9.17, 15) is 22.4 Å². The Kier molecular flexibility index (Phi) is 6.12. The molecule has 0 atom stereocenters. The zero-order valence-corrected chi connectivity index (χ0v) is 13.3. The van der Waals surface area contributed by atoms with E-state index in [-0.39, 0.29) is 12.1 Å². The first-order valence-corrected chi connectivity index (χ1v) is 7.03. The molecule has 0 heterocycles. The second kappa shape index (κ2) is 7.43. The molecule has 1 N–H and O–H groups in total. The molecule has 0 spiro atoms. The monoisotopic (exact) mass is 333 g/mol. The normalized spacial score (nSPS) is 12.7. The van der Waals surface area contributed by atoms with Crippen molar-refractivity contribution in [2.45, 2.75) is 46.0 Å². The number of benzene rings is 1. The van der Waals surface area contributed by atoms with E-state index in [1.807, 2.05) is 5.32 Å². The van der Waals surface area contributed by atoms with Gasteiger partial charge in [-0.25, -0.2) is 4.79 Å². The maximum Gasteiger partial charge on any atom is 0.418 e. The molecule has 128 valence electrons. The predicted octanol–water partition coefficient (Wildman–Crippen LogP) is 4.68. The third kappa shape index (κ3) is 5.22. The molecule has 0 saturated carbocycles. The average Bonchev–Trinajstić information content (AvgIpc) is 2.36. The Bertz CT molecular complexity index is 574. The SMILES string of the molecule is CC(C)N(/C(F)=N\C(=O)Nc1ccccc1C(F)(F)F)C(C)C. The molecule has 1 rings (SSSR count). The third-order valence-electron chi connectivity index (χ3n) is 2.99. The number of aliphatic imine (C=N–C) groups is 1. The first-order chi connectivity index (χ1) is 10.5. The van der Waals surface area contributed by atoms with E-state index >= 15 is 0 Å². The van der Waals surface area contributed by atoms with Gasteiger partial charge in [-0.05, 0) is 39.8 Å². The summed E-state index contributed by atoms with van der Waals surface area (Å²) in [6, 6.07) is 2.72. The Morgan fingerprint density at radius 3 is 2.13 bits per heavy atom. The van der Waals surface area contributed by atoms with Gasteiger partial charge in [-0.15, -0.1) is 4.99 Å². The van der Waals surface area contributed by atoms with Gasteiger partial charge in [0.05, 0.1) is 11.3 Å². The van der Waals surface area contributed by atoms with Crippen LogP contribution in [0.25, 0.3) is 0 Å². The maximum absolute atomic E-state index is 14.0. The van der Waals surface area contributed by atoms with E-state index in [0.29, 0.717) is 0 Å². The first-order valence-electron chi connectivity index (χ1n) is 7.03. The summed E-state index contributed by atoms with van der Waals surface area (Å²) in [6.45, 7) is 6.86. The lowest BCUT2D eigenvalue weighted by molar-refractivity contribution is -0.136. The van der Waals surface area contributed by atoms with Gasteiger partial charge in [0, 0.05) is 12.1 Å². The highest BCUT2D eigenvalue weighted by atomic mass is 19.4. The minimum Gasteiger partial charge on any atom is -0.328 e. The minimum absolute atomic E-state index is 0.256. The number of nitrogens with zero attached hydrogens (tertiary/aromatic N) is 2. The van der Waals surface area contributed by atoms with Crippen molar-refractivity contribution in [1.82, 2.24) is 4.90 Å². The lowest BCUT2D eigenvalue weighted by atomic mass is 10.1. The first kappa shape index (κ1) is 18.9. The van der Waals surface area contributed by atoms with E-state index in [1.165, 1.54) is 17.0 Å². The van der Waals surface area contributed by atoms with Gasteiger partial charge in [0.2, 0.25) is 0 Å². The molecule has 4 nitrogen and oxygen atoms in total. The smallest absolute Gasteiger partial charge is 0.328 e. The number of anilines is 1. The Morgan fingerprint density at radius 2 is 1.65 bits per heavy atom. The minimum atomic E-state index is -4.63. The van der Waals surface area contributed by atoms with Gasteiger partial charge in [-0.3, -0.25) is 0 Å². The molecule has 1 aromatic rings. The van der Waals surface area contributed by atoms with Crippen molar-refractivity contribution in [2.24, 2.45) is 4.99 Å². The van der Waals surface area contributed by atoms with E-state index in [0.717, 1.165) is 12.1 Å². The molecule has 23 heavy (non-hydrogen) atoms. The van der Waals surface area contributed by atoms with Gasteiger partial charge in [0.25, 0.3) is 6.09 Å². The van der Waals surface area contributed by atoms with Gasteiger partial charge in [-0.1, -0.05) is 12.1 Å². The number of halogens is 4. The van der Waals surface area contributed by atoms with Crippen molar-refractivity contribution in [3.63, 3.8) is 0 Å². The molecular weight excluding hydrogens is 314 g/mol. The fourth-order valence-electron chi connectivity index (χ4n) is 2.15. The quantitative estimate of drug-likeness (QED) is 0.378. The van der Waals surface area contributed by atoms with Gasteiger partial charge < -0.3 is 10.2 Å². The molecule has 1 aromatic carbocycles. The lowest BCUT2D eigenvalue weighted by Gasteiger charge is -2.29. The van der Waals surface area contributed by atoms with Crippen molar-refractivity contribution in [2.75, 3.05) is 5.32 Å². The molecule has 2 amide bonds. The fourth-order valence-corrected chi connectivity index (χ4v) is 2.15. The zero-order chi connectivity index (χ0) is 17.8. The Labute approximate surface area is 132 Å². The Balaban J connectivity index is 2.99. The molecule has 0 bridgehead atoms. The number of amides is 2. The number of para-hydroxylation sites is 1. The van der Waals surface area contributed by atoms with Crippen molar-refractivity contribution in [1.29, 1.82) is 0 Å². The number of nitrogens with one attached hydrogen (secondary N) is 1. The van der Waals surface area contributed by atoms with Crippen LogP contribution in [-0.4, -0.2) is 29.1 Å². The highest BCUT2D eigenvalue weighted by Gasteiger charge is 2.33. The molecule has 0 aliphatic rings. The summed E-state index contributed by atoms with van der Waals surface area (Å²) in [7, 11) is 0. The van der Waals surface area contributed by atoms with E-state index in [1.54, 1.807) is 27.7 Å². The van der Waals surface area contributed by atoms with E-state index < -0.39 is 29.5 Å². The van der Waals surface area contributed by atoms with Crippen LogP contribution in [0.3, 0.4) is 0 Å². The fraction of sp³-hybridized carbons (Fsp3) is 0.467. The van der Waals surface area contributed by atoms with Crippen LogP contribution in [0.4, 0.5) is 28.0 Å². The number of urea groups is 1. The molecule has 0 unspecified atom stereocenters. The number of hydrogen-bond acceptors (Lipinski definition) is 1. The lowest BCUT2D eigenvalue weighted by Crippen LogP contribution is -2.40. The van der Waals surface area contributed by atoms with Crippen LogP contribution in [0.1, 0.15) is 33.3 Å². The van der Waals surface area contributed by atoms with Crippen LogP contribution in [0, 0.1) is 0 Å². The molecule has 0 saturated heterocycles. The van der Waals surface area contributed by atoms with Crippen molar-refractivity contribution < 1.29 is 22.4 Å². The molecule has 0 aliphatic carbocycles. The summed E-state index contributed by atoms with van der Waals surface area (Å²) < 4.78 is 52.5. The van der Waals surface area contributed by atoms with Crippen molar-refractivity contribution in [3.05, 3.63) is 29.8 Å². The summed E-state index contributed by atoms with van der Waals surface area (Å²) in [5, 5.41) is 1.97. The molecular formula is C15H19F4N3O. The molecule has 8 heteroatoms. The number of amidine groups is 1. The highest BCUT2D eigenvalue weighted by Crippen LogP contribution is 2.34. The summed E-state index contributed by atoms with van der Waals surface area (Å²) in [4.78, 5) is 16.2. The topological polar surface area (TPSA) is 44.7 Å². The standard InChI is InChI=1S/C15H19F4N3O/c1-9(2)22(10(3)4)13(16)21-14(23)20-12-8-6-5-7-11(12)15(17,18)19/h5-10H,1-4H3,(H,20,23)/b21-13-. The zero-order valence-electron chi connectivity index (χ0n) is 13.3. The molecule has 0 fully saturated rings. The third-order valence-corrected chi connectivity index (χ3v) is 2.99. The summed E-state index contributed by atoms with van der Waals surface area (Å²) >= 11 is 0. The second-order valence-corrected chi connectivity index (χ2v) is 5.45. The summed E-state index contributed by atoms with van der Waals surface area (Å²) in [5.41, 5.74) is -1.49. The van der Waals surface area contributed by atoms with Crippen LogP contribution in [0.5, 0.6) is 0 Å². The Morgan fingerprint density at radius 1 is 1.13 bits per heavy atom. The van der Waals surface area contributed by atoms with Crippen LogP contribution < -0.4 is 5.32 Å². The van der Waals surface area contributed by atoms with Gasteiger partial charge in [0.15, 0.2) is 0 Å².